The van der Waals surface area contributed by atoms with E-state index in [1.807, 2.05) is 42.5 Å². The van der Waals surface area contributed by atoms with E-state index in [0.29, 0.717) is 12.2 Å². The SMILES string of the molecule is O=C(OCC1=CCCCC=C1)c1ccc2ccccc2c1. The zero-order chi connectivity index (χ0) is 14.5. The maximum absolute atomic E-state index is 12.1. The molecule has 0 aromatic heterocycles. The summed E-state index contributed by atoms with van der Waals surface area (Å²) in [5.41, 5.74) is 1.69. The van der Waals surface area contributed by atoms with Crippen molar-refractivity contribution in [1.29, 1.82) is 0 Å². The van der Waals surface area contributed by atoms with Gasteiger partial charge in [0.25, 0.3) is 0 Å². The third-order valence-corrected chi connectivity index (χ3v) is 3.67. The van der Waals surface area contributed by atoms with Gasteiger partial charge in [0, 0.05) is 0 Å². The first-order chi connectivity index (χ1) is 10.3. The van der Waals surface area contributed by atoms with Crippen molar-refractivity contribution in [3.8, 4) is 0 Å². The number of fused-ring (bicyclic) bond motifs is 1. The molecular weight excluding hydrogens is 260 g/mol. The lowest BCUT2D eigenvalue weighted by Gasteiger charge is -2.06. The van der Waals surface area contributed by atoms with Crippen LogP contribution in [0.25, 0.3) is 10.8 Å². The van der Waals surface area contributed by atoms with Gasteiger partial charge < -0.3 is 4.74 Å². The Hall–Kier alpha value is -2.35. The quantitative estimate of drug-likeness (QED) is 0.763. The molecule has 21 heavy (non-hydrogen) atoms. The largest absolute Gasteiger partial charge is 0.457 e. The van der Waals surface area contributed by atoms with E-state index in [1.54, 1.807) is 0 Å². The Kier molecular flexibility index (Phi) is 4.15. The van der Waals surface area contributed by atoms with Crippen molar-refractivity contribution < 1.29 is 9.53 Å². The van der Waals surface area contributed by atoms with E-state index in [2.05, 4.69) is 18.2 Å². The predicted molar refractivity (Wildman–Crippen MR) is 85.3 cm³/mol. The molecule has 0 fully saturated rings. The number of esters is 1. The minimum atomic E-state index is -0.265. The maximum atomic E-state index is 12.1. The van der Waals surface area contributed by atoms with Gasteiger partial charge in [-0.3, -0.25) is 0 Å². The molecule has 0 radical (unpaired) electrons. The molecule has 0 saturated heterocycles. The van der Waals surface area contributed by atoms with Gasteiger partial charge in [-0.05, 0) is 47.7 Å². The number of carbonyl (C=O) groups excluding carboxylic acids is 1. The average molecular weight is 278 g/mol. The second-order valence-corrected chi connectivity index (χ2v) is 5.25. The fourth-order valence-electron chi connectivity index (χ4n) is 2.48. The van der Waals surface area contributed by atoms with Gasteiger partial charge in [-0.15, -0.1) is 0 Å². The monoisotopic (exact) mass is 278 g/mol. The highest BCUT2D eigenvalue weighted by atomic mass is 16.5. The number of allylic oxidation sites excluding steroid dienone is 2. The van der Waals surface area contributed by atoms with E-state index < -0.39 is 0 Å². The molecule has 2 nitrogen and oxygen atoms in total. The number of hydrogen-bond donors (Lipinski definition) is 0. The number of rotatable bonds is 3. The molecule has 1 aliphatic carbocycles. The Morgan fingerprint density at radius 2 is 1.90 bits per heavy atom. The first-order valence-corrected chi connectivity index (χ1v) is 7.34. The van der Waals surface area contributed by atoms with Crippen molar-refractivity contribution >= 4 is 16.7 Å². The van der Waals surface area contributed by atoms with Crippen molar-refractivity contribution in [3.05, 3.63) is 71.8 Å². The van der Waals surface area contributed by atoms with E-state index in [4.69, 9.17) is 4.74 Å². The van der Waals surface area contributed by atoms with Crippen LogP contribution < -0.4 is 0 Å². The highest BCUT2D eigenvalue weighted by Crippen LogP contribution is 2.17. The molecule has 0 bridgehead atoms. The van der Waals surface area contributed by atoms with Crippen LogP contribution in [0, 0.1) is 0 Å². The Bertz CT molecular complexity index is 710. The van der Waals surface area contributed by atoms with Gasteiger partial charge in [0.1, 0.15) is 6.61 Å². The second kappa shape index (κ2) is 6.40. The third-order valence-electron chi connectivity index (χ3n) is 3.67. The Morgan fingerprint density at radius 1 is 1.05 bits per heavy atom. The summed E-state index contributed by atoms with van der Waals surface area (Å²) in [4.78, 5) is 12.1. The third kappa shape index (κ3) is 3.40. The lowest BCUT2D eigenvalue weighted by atomic mass is 10.1. The molecule has 0 unspecified atom stereocenters. The van der Waals surface area contributed by atoms with Crippen molar-refractivity contribution in [2.45, 2.75) is 19.3 Å². The van der Waals surface area contributed by atoms with E-state index in [0.717, 1.165) is 29.2 Å². The molecule has 0 amide bonds. The number of carbonyl (C=O) groups is 1. The summed E-state index contributed by atoms with van der Waals surface area (Å²) in [6.07, 6.45) is 9.66. The van der Waals surface area contributed by atoms with Crippen LogP contribution >= 0.6 is 0 Å². The predicted octanol–water partition coefficient (Wildman–Crippen LogP) is 4.66. The number of ether oxygens (including phenoxy) is 1. The van der Waals surface area contributed by atoms with Crippen LogP contribution in [0.4, 0.5) is 0 Å². The normalized spacial score (nSPS) is 14.6. The molecule has 0 aliphatic heterocycles. The zero-order valence-corrected chi connectivity index (χ0v) is 11.9. The van der Waals surface area contributed by atoms with Gasteiger partial charge in [0.2, 0.25) is 0 Å². The molecular formula is C19H18O2. The van der Waals surface area contributed by atoms with Crippen molar-refractivity contribution in [1.82, 2.24) is 0 Å². The van der Waals surface area contributed by atoms with E-state index >= 15 is 0 Å². The molecule has 0 saturated carbocycles. The minimum absolute atomic E-state index is 0.265. The van der Waals surface area contributed by atoms with Crippen LogP contribution in [0.1, 0.15) is 29.6 Å². The minimum Gasteiger partial charge on any atom is -0.457 e. The first-order valence-electron chi connectivity index (χ1n) is 7.34. The van der Waals surface area contributed by atoms with Gasteiger partial charge >= 0.3 is 5.97 Å². The summed E-state index contributed by atoms with van der Waals surface area (Å²) in [5, 5.41) is 2.18. The molecule has 3 rings (SSSR count). The van der Waals surface area contributed by atoms with E-state index in [-0.39, 0.29) is 5.97 Å². The molecule has 0 heterocycles. The number of hydrogen-bond acceptors (Lipinski definition) is 2. The Labute approximate surface area is 124 Å². The first kappa shape index (κ1) is 13.6. The lowest BCUT2D eigenvalue weighted by Crippen LogP contribution is -2.07. The molecule has 106 valence electrons. The van der Waals surface area contributed by atoms with Gasteiger partial charge in [-0.2, -0.15) is 0 Å². The van der Waals surface area contributed by atoms with Crippen LogP contribution in [-0.2, 0) is 4.74 Å². The van der Waals surface area contributed by atoms with Gasteiger partial charge in [-0.1, -0.05) is 48.6 Å². The van der Waals surface area contributed by atoms with Crippen LogP contribution in [-0.4, -0.2) is 12.6 Å². The molecule has 2 aromatic rings. The van der Waals surface area contributed by atoms with Crippen LogP contribution in [0.5, 0.6) is 0 Å². The second-order valence-electron chi connectivity index (χ2n) is 5.25. The molecule has 0 atom stereocenters. The van der Waals surface area contributed by atoms with Crippen LogP contribution in [0.2, 0.25) is 0 Å². The highest BCUT2D eigenvalue weighted by Gasteiger charge is 2.08. The highest BCUT2D eigenvalue weighted by molar-refractivity contribution is 5.95. The maximum Gasteiger partial charge on any atom is 0.338 e. The standard InChI is InChI=1S/C19H18O2/c20-19(21-14-15-7-3-1-2-4-8-15)18-12-11-16-9-5-6-10-17(16)13-18/h3,5-13H,1-2,4,14H2. The molecule has 2 aromatic carbocycles. The average Bonchev–Trinajstić information content (AvgIpc) is 2.81. The van der Waals surface area contributed by atoms with Crippen LogP contribution in [0.3, 0.4) is 0 Å². The zero-order valence-electron chi connectivity index (χ0n) is 11.9. The summed E-state index contributed by atoms with van der Waals surface area (Å²) < 4.78 is 5.41. The van der Waals surface area contributed by atoms with Crippen molar-refractivity contribution in [2.75, 3.05) is 6.61 Å². The molecule has 0 spiro atoms. The molecule has 1 aliphatic rings. The van der Waals surface area contributed by atoms with Crippen molar-refractivity contribution in [3.63, 3.8) is 0 Å². The Balaban J connectivity index is 1.70. The number of benzene rings is 2. The van der Waals surface area contributed by atoms with Gasteiger partial charge in [0.05, 0.1) is 5.56 Å². The van der Waals surface area contributed by atoms with Crippen LogP contribution in [0.15, 0.2) is 66.3 Å². The molecule has 2 heteroatoms. The van der Waals surface area contributed by atoms with Crippen molar-refractivity contribution in [2.24, 2.45) is 0 Å². The Morgan fingerprint density at radius 3 is 2.81 bits per heavy atom. The fraction of sp³-hybridized carbons (Fsp3) is 0.211. The summed E-state index contributed by atoms with van der Waals surface area (Å²) in [6.45, 7) is 0.349. The molecule has 0 N–H and O–H groups in total. The summed E-state index contributed by atoms with van der Waals surface area (Å²) in [5.74, 6) is -0.265. The summed E-state index contributed by atoms with van der Waals surface area (Å²) in [6, 6.07) is 13.7. The fourth-order valence-corrected chi connectivity index (χ4v) is 2.48. The lowest BCUT2D eigenvalue weighted by molar-refractivity contribution is 0.0543. The van der Waals surface area contributed by atoms with E-state index in [9.17, 15) is 4.79 Å². The topological polar surface area (TPSA) is 26.3 Å². The van der Waals surface area contributed by atoms with E-state index in [1.165, 1.54) is 6.42 Å². The van der Waals surface area contributed by atoms with Gasteiger partial charge in [0.15, 0.2) is 0 Å². The smallest absolute Gasteiger partial charge is 0.338 e. The van der Waals surface area contributed by atoms with Gasteiger partial charge in [-0.25, -0.2) is 4.79 Å². The summed E-state index contributed by atoms with van der Waals surface area (Å²) in [7, 11) is 0. The summed E-state index contributed by atoms with van der Waals surface area (Å²) >= 11 is 0.